The first-order chi connectivity index (χ1) is 11.9. The van der Waals surface area contributed by atoms with Crippen LogP contribution >= 0.6 is 11.8 Å². The van der Waals surface area contributed by atoms with Gasteiger partial charge in [0, 0.05) is 10.5 Å². The minimum atomic E-state index is 0.393. The zero-order chi connectivity index (χ0) is 16.2. The lowest BCUT2D eigenvalue weighted by atomic mass is 10.2. The summed E-state index contributed by atoms with van der Waals surface area (Å²) in [6.07, 6.45) is 0. The van der Waals surface area contributed by atoms with E-state index in [9.17, 15) is 0 Å². The van der Waals surface area contributed by atoms with Crippen LogP contribution in [0.3, 0.4) is 0 Å². The summed E-state index contributed by atoms with van der Waals surface area (Å²) < 4.78 is 11.1. The Morgan fingerprint density at radius 2 is 1.58 bits per heavy atom. The van der Waals surface area contributed by atoms with Crippen LogP contribution in [-0.2, 0) is 5.75 Å². The van der Waals surface area contributed by atoms with Gasteiger partial charge in [0.2, 0.25) is 5.82 Å². The molecule has 0 saturated carbocycles. The minimum Gasteiger partial charge on any atom is -0.455 e. The van der Waals surface area contributed by atoms with Gasteiger partial charge in [0.1, 0.15) is 5.76 Å². The molecule has 2 heterocycles. The Labute approximate surface area is 143 Å². The predicted molar refractivity (Wildman–Crippen MR) is 93.4 cm³/mol. The van der Waals surface area contributed by atoms with Crippen molar-refractivity contribution >= 4 is 11.8 Å². The standard InChI is InChI=1S/C19H14N2O2S/c1-3-7-14(8-4-1)18-20-19(23-21-18)17-12-11-15(22-17)13-24-16-9-5-2-6-10-16/h1-12H,13H2. The quantitative estimate of drug-likeness (QED) is 0.464. The summed E-state index contributed by atoms with van der Waals surface area (Å²) in [7, 11) is 0. The number of hydrogen-bond acceptors (Lipinski definition) is 5. The molecule has 4 aromatic rings. The fourth-order valence-corrected chi connectivity index (χ4v) is 3.08. The highest BCUT2D eigenvalue weighted by Gasteiger charge is 2.14. The van der Waals surface area contributed by atoms with E-state index in [0.29, 0.717) is 17.5 Å². The van der Waals surface area contributed by atoms with Gasteiger partial charge in [-0.25, -0.2) is 0 Å². The molecule has 118 valence electrons. The first-order valence-electron chi connectivity index (χ1n) is 7.54. The van der Waals surface area contributed by atoms with E-state index in [1.165, 1.54) is 4.90 Å². The maximum Gasteiger partial charge on any atom is 0.293 e. The number of thioether (sulfide) groups is 1. The normalized spacial score (nSPS) is 10.8. The van der Waals surface area contributed by atoms with Crippen LogP contribution in [-0.4, -0.2) is 10.1 Å². The molecule has 0 amide bonds. The van der Waals surface area contributed by atoms with Crippen LogP contribution in [0.2, 0.25) is 0 Å². The Morgan fingerprint density at radius 3 is 2.38 bits per heavy atom. The van der Waals surface area contributed by atoms with Gasteiger partial charge in [-0.3, -0.25) is 0 Å². The molecule has 4 rings (SSSR count). The minimum absolute atomic E-state index is 0.393. The van der Waals surface area contributed by atoms with E-state index in [1.807, 2.05) is 60.7 Å². The molecule has 0 aliphatic rings. The molecule has 0 saturated heterocycles. The van der Waals surface area contributed by atoms with Crippen molar-refractivity contribution < 1.29 is 8.94 Å². The van der Waals surface area contributed by atoms with E-state index in [2.05, 4.69) is 22.3 Å². The van der Waals surface area contributed by atoms with Crippen LogP contribution in [0.4, 0.5) is 0 Å². The fourth-order valence-electron chi connectivity index (χ4n) is 2.27. The maximum atomic E-state index is 5.82. The van der Waals surface area contributed by atoms with Gasteiger partial charge in [-0.1, -0.05) is 53.7 Å². The van der Waals surface area contributed by atoms with Crippen LogP contribution in [0.25, 0.3) is 23.0 Å². The Hall–Kier alpha value is -2.79. The highest BCUT2D eigenvalue weighted by atomic mass is 32.2. The number of nitrogens with zero attached hydrogens (tertiary/aromatic N) is 2. The summed E-state index contributed by atoms with van der Waals surface area (Å²) in [5, 5.41) is 4.01. The predicted octanol–water partition coefficient (Wildman–Crippen LogP) is 5.29. The first kappa shape index (κ1) is 14.8. The van der Waals surface area contributed by atoms with Crippen LogP contribution in [0.5, 0.6) is 0 Å². The molecule has 0 unspecified atom stereocenters. The van der Waals surface area contributed by atoms with Crippen molar-refractivity contribution in [2.75, 3.05) is 0 Å². The average molecular weight is 334 g/mol. The summed E-state index contributed by atoms with van der Waals surface area (Å²) in [5.74, 6) is 3.17. The second-order valence-corrected chi connectivity index (χ2v) is 6.21. The van der Waals surface area contributed by atoms with E-state index < -0.39 is 0 Å². The third-order valence-electron chi connectivity index (χ3n) is 3.45. The smallest absolute Gasteiger partial charge is 0.293 e. The van der Waals surface area contributed by atoms with Gasteiger partial charge in [-0.15, -0.1) is 11.8 Å². The van der Waals surface area contributed by atoms with Gasteiger partial charge in [-0.05, 0) is 24.3 Å². The number of furan rings is 1. The Bertz CT molecular complexity index is 917. The van der Waals surface area contributed by atoms with Crippen molar-refractivity contribution in [2.45, 2.75) is 10.6 Å². The molecule has 0 spiro atoms. The molecule has 2 aromatic carbocycles. The van der Waals surface area contributed by atoms with Crippen molar-refractivity contribution in [1.29, 1.82) is 0 Å². The van der Waals surface area contributed by atoms with Gasteiger partial charge in [0.25, 0.3) is 5.89 Å². The molecule has 0 N–H and O–H groups in total. The van der Waals surface area contributed by atoms with Gasteiger partial charge in [-0.2, -0.15) is 4.98 Å². The lowest BCUT2D eigenvalue weighted by Gasteiger charge is -1.98. The second kappa shape index (κ2) is 6.76. The van der Waals surface area contributed by atoms with Crippen molar-refractivity contribution in [3.63, 3.8) is 0 Å². The Kier molecular flexibility index (Phi) is 4.16. The van der Waals surface area contributed by atoms with Crippen LogP contribution < -0.4 is 0 Å². The van der Waals surface area contributed by atoms with E-state index in [4.69, 9.17) is 8.94 Å². The molecule has 0 atom stereocenters. The highest BCUT2D eigenvalue weighted by molar-refractivity contribution is 7.98. The monoisotopic (exact) mass is 334 g/mol. The zero-order valence-corrected chi connectivity index (χ0v) is 13.6. The number of benzene rings is 2. The third-order valence-corrected chi connectivity index (χ3v) is 4.49. The Balaban J connectivity index is 1.48. The molecule has 0 bridgehead atoms. The van der Waals surface area contributed by atoms with E-state index in [0.717, 1.165) is 17.1 Å². The largest absolute Gasteiger partial charge is 0.455 e. The molecule has 0 aliphatic carbocycles. The summed E-state index contributed by atoms with van der Waals surface area (Å²) in [5.41, 5.74) is 0.916. The van der Waals surface area contributed by atoms with Crippen molar-refractivity contribution in [3.8, 4) is 23.0 Å². The van der Waals surface area contributed by atoms with Crippen LogP contribution in [0.1, 0.15) is 5.76 Å². The van der Waals surface area contributed by atoms with Crippen LogP contribution in [0.15, 0.2) is 86.6 Å². The third kappa shape index (κ3) is 3.26. The zero-order valence-electron chi connectivity index (χ0n) is 12.8. The summed E-state index contributed by atoms with van der Waals surface area (Å²) in [6.45, 7) is 0. The lowest BCUT2D eigenvalue weighted by Crippen LogP contribution is -1.79. The van der Waals surface area contributed by atoms with Gasteiger partial charge in [0.05, 0.1) is 5.75 Å². The first-order valence-corrected chi connectivity index (χ1v) is 8.53. The average Bonchev–Trinajstić information content (AvgIpc) is 3.31. The van der Waals surface area contributed by atoms with E-state index in [1.54, 1.807) is 11.8 Å². The van der Waals surface area contributed by atoms with Gasteiger partial charge in [0.15, 0.2) is 5.76 Å². The molecule has 24 heavy (non-hydrogen) atoms. The van der Waals surface area contributed by atoms with Crippen molar-refractivity contribution in [3.05, 3.63) is 78.6 Å². The van der Waals surface area contributed by atoms with Crippen molar-refractivity contribution in [2.24, 2.45) is 0 Å². The van der Waals surface area contributed by atoms with E-state index >= 15 is 0 Å². The number of rotatable bonds is 5. The van der Waals surface area contributed by atoms with Crippen LogP contribution in [0, 0.1) is 0 Å². The molecule has 0 radical (unpaired) electrons. The summed E-state index contributed by atoms with van der Waals surface area (Å²) >= 11 is 1.72. The SMILES string of the molecule is c1ccc(SCc2ccc(-c3nc(-c4ccccc4)no3)o2)cc1. The Morgan fingerprint density at radius 1 is 0.833 bits per heavy atom. The maximum absolute atomic E-state index is 5.82. The number of aromatic nitrogens is 2. The molecule has 0 fully saturated rings. The fraction of sp³-hybridized carbons (Fsp3) is 0.0526. The van der Waals surface area contributed by atoms with Crippen molar-refractivity contribution in [1.82, 2.24) is 10.1 Å². The molecule has 0 aliphatic heterocycles. The molecule has 5 heteroatoms. The summed E-state index contributed by atoms with van der Waals surface area (Å²) in [4.78, 5) is 5.61. The second-order valence-electron chi connectivity index (χ2n) is 5.16. The van der Waals surface area contributed by atoms with Gasteiger partial charge >= 0.3 is 0 Å². The lowest BCUT2D eigenvalue weighted by molar-refractivity contribution is 0.413. The molecule has 4 nitrogen and oxygen atoms in total. The van der Waals surface area contributed by atoms with E-state index in [-0.39, 0.29) is 0 Å². The molecular formula is C19H14N2O2S. The summed E-state index contributed by atoms with van der Waals surface area (Å²) in [6, 6.07) is 23.8. The number of hydrogen-bond donors (Lipinski definition) is 0. The molecular weight excluding hydrogens is 320 g/mol. The topological polar surface area (TPSA) is 52.1 Å². The molecule has 2 aromatic heterocycles. The van der Waals surface area contributed by atoms with Gasteiger partial charge < -0.3 is 8.94 Å². The highest BCUT2D eigenvalue weighted by Crippen LogP contribution is 2.27.